The largest absolute Gasteiger partial charge is 0.416 e. The molecular formula is C14H7BrCl3F3. The lowest BCUT2D eigenvalue weighted by Gasteiger charge is -2.15. The lowest BCUT2D eigenvalue weighted by molar-refractivity contribution is -0.137. The van der Waals surface area contributed by atoms with Crippen molar-refractivity contribution in [2.45, 2.75) is 11.5 Å². The van der Waals surface area contributed by atoms with Crippen molar-refractivity contribution in [1.29, 1.82) is 0 Å². The number of halogens is 7. The van der Waals surface area contributed by atoms with E-state index in [9.17, 15) is 13.2 Å². The molecule has 0 aromatic heterocycles. The zero-order chi connectivity index (χ0) is 15.8. The van der Waals surface area contributed by atoms with Gasteiger partial charge in [-0.05, 0) is 35.4 Å². The summed E-state index contributed by atoms with van der Waals surface area (Å²) < 4.78 is 38.3. The van der Waals surface area contributed by atoms with E-state index in [1.54, 1.807) is 6.07 Å². The van der Waals surface area contributed by atoms with Crippen LogP contribution in [0.25, 0.3) is 11.1 Å². The Kier molecular flexibility index (Phi) is 5.14. The molecule has 0 fully saturated rings. The van der Waals surface area contributed by atoms with E-state index >= 15 is 0 Å². The van der Waals surface area contributed by atoms with E-state index < -0.39 is 11.7 Å². The van der Waals surface area contributed by atoms with E-state index in [1.807, 2.05) is 0 Å². The fourth-order valence-corrected chi connectivity index (χ4v) is 3.09. The zero-order valence-corrected chi connectivity index (χ0v) is 14.1. The monoisotopic (exact) mass is 416 g/mol. The van der Waals surface area contributed by atoms with Crippen LogP contribution in [0.2, 0.25) is 15.1 Å². The molecule has 2 rings (SSSR count). The molecule has 112 valence electrons. The van der Waals surface area contributed by atoms with Crippen LogP contribution in [0.3, 0.4) is 0 Å². The Morgan fingerprint density at radius 2 is 1.57 bits per heavy atom. The summed E-state index contributed by atoms with van der Waals surface area (Å²) in [5, 5.41) is 1.06. The van der Waals surface area contributed by atoms with E-state index in [4.69, 9.17) is 34.8 Å². The van der Waals surface area contributed by atoms with Crippen LogP contribution in [-0.2, 0) is 11.5 Å². The number of hydrogen-bond acceptors (Lipinski definition) is 0. The normalized spacial score (nSPS) is 11.8. The van der Waals surface area contributed by atoms with Gasteiger partial charge in [0.2, 0.25) is 0 Å². The lowest BCUT2D eigenvalue weighted by atomic mass is 9.98. The van der Waals surface area contributed by atoms with Gasteiger partial charge in [0.05, 0.1) is 20.6 Å². The molecule has 0 aliphatic heterocycles. The van der Waals surface area contributed by atoms with Crippen molar-refractivity contribution in [2.24, 2.45) is 0 Å². The second kappa shape index (κ2) is 6.37. The van der Waals surface area contributed by atoms with Crippen LogP contribution in [0.4, 0.5) is 13.2 Å². The van der Waals surface area contributed by atoms with E-state index in [0.29, 0.717) is 21.7 Å². The number of alkyl halides is 4. The van der Waals surface area contributed by atoms with E-state index in [1.165, 1.54) is 12.1 Å². The van der Waals surface area contributed by atoms with Crippen LogP contribution < -0.4 is 0 Å². The standard InChI is InChI=1S/C14H7BrCl3F3/c15-6-7-5-8(14(19,20)21)1-2-9(7)12-10(16)3-4-11(17)13(12)18/h1-5H,6H2. The molecule has 0 spiro atoms. The fraction of sp³-hybridized carbons (Fsp3) is 0.143. The van der Waals surface area contributed by atoms with Gasteiger partial charge in [-0.25, -0.2) is 0 Å². The van der Waals surface area contributed by atoms with Gasteiger partial charge in [-0.2, -0.15) is 13.2 Å². The predicted molar refractivity (Wildman–Crippen MR) is 84.5 cm³/mol. The first-order valence-electron chi connectivity index (χ1n) is 5.65. The Morgan fingerprint density at radius 1 is 0.952 bits per heavy atom. The summed E-state index contributed by atoms with van der Waals surface area (Å²) in [6, 6.07) is 6.50. The average Bonchev–Trinajstić information content (AvgIpc) is 2.42. The molecule has 21 heavy (non-hydrogen) atoms. The molecule has 0 atom stereocenters. The molecular weight excluding hydrogens is 411 g/mol. The summed E-state index contributed by atoms with van der Waals surface area (Å²) in [6.07, 6.45) is -4.41. The quantitative estimate of drug-likeness (QED) is 0.357. The van der Waals surface area contributed by atoms with E-state index in [0.717, 1.165) is 12.1 Å². The highest BCUT2D eigenvalue weighted by Crippen LogP contribution is 2.42. The molecule has 0 radical (unpaired) electrons. The van der Waals surface area contributed by atoms with Crippen molar-refractivity contribution >= 4 is 50.7 Å². The second-order valence-corrected chi connectivity index (χ2v) is 5.97. The first kappa shape index (κ1) is 16.9. The third-order valence-electron chi connectivity index (χ3n) is 2.89. The Balaban J connectivity index is 2.68. The molecule has 0 aliphatic rings. The van der Waals surface area contributed by atoms with Gasteiger partial charge >= 0.3 is 6.18 Å². The molecule has 7 heteroatoms. The predicted octanol–water partition coefficient (Wildman–Crippen LogP) is 7.23. The summed E-state index contributed by atoms with van der Waals surface area (Å²) in [4.78, 5) is 0. The summed E-state index contributed by atoms with van der Waals surface area (Å²) >= 11 is 21.4. The molecule has 0 saturated carbocycles. The van der Waals surface area contributed by atoms with Crippen molar-refractivity contribution in [1.82, 2.24) is 0 Å². The molecule has 0 saturated heterocycles. The SMILES string of the molecule is FC(F)(F)c1ccc(-c2c(Cl)ccc(Cl)c2Cl)c(CBr)c1. The summed E-state index contributed by atoms with van der Waals surface area (Å²) in [6.45, 7) is 0. The lowest BCUT2D eigenvalue weighted by Crippen LogP contribution is -2.05. The Labute approximate surface area is 142 Å². The second-order valence-electron chi connectivity index (χ2n) is 4.22. The number of rotatable bonds is 2. The zero-order valence-electron chi connectivity index (χ0n) is 10.2. The highest BCUT2D eigenvalue weighted by atomic mass is 79.9. The van der Waals surface area contributed by atoms with Gasteiger partial charge in [0.15, 0.2) is 0 Å². The maximum absolute atomic E-state index is 12.8. The van der Waals surface area contributed by atoms with Crippen molar-refractivity contribution in [3.8, 4) is 11.1 Å². The van der Waals surface area contributed by atoms with Gasteiger partial charge in [-0.1, -0.05) is 56.8 Å². The highest BCUT2D eigenvalue weighted by Gasteiger charge is 2.31. The van der Waals surface area contributed by atoms with Crippen LogP contribution in [0, 0.1) is 0 Å². The van der Waals surface area contributed by atoms with Crippen molar-refractivity contribution in [3.05, 3.63) is 56.5 Å². The van der Waals surface area contributed by atoms with Gasteiger partial charge in [0.1, 0.15) is 0 Å². The van der Waals surface area contributed by atoms with E-state index in [2.05, 4.69) is 15.9 Å². The molecule has 0 N–H and O–H groups in total. The molecule has 0 unspecified atom stereocenters. The van der Waals surface area contributed by atoms with Crippen LogP contribution >= 0.6 is 50.7 Å². The Hall–Kier alpha value is -0.420. The molecule has 2 aromatic rings. The molecule has 0 bridgehead atoms. The van der Waals surface area contributed by atoms with Crippen molar-refractivity contribution in [2.75, 3.05) is 0 Å². The van der Waals surface area contributed by atoms with Crippen molar-refractivity contribution in [3.63, 3.8) is 0 Å². The van der Waals surface area contributed by atoms with Crippen LogP contribution in [0.15, 0.2) is 30.3 Å². The van der Waals surface area contributed by atoms with Gasteiger partial charge in [0.25, 0.3) is 0 Å². The molecule has 0 aliphatic carbocycles. The van der Waals surface area contributed by atoms with Crippen LogP contribution in [-0.4, -0.2) is 0 Å². The molecule has 0 heterocycles. The van der Waals surface area contributed by atoms with Gasteiger partial charge < -0.3 is 0 Å². The maximum atomic E-state index is 12.8. The summed E-state index contributed by atoms with van der Waals surface area (Å²) in [5.41, 5.74) is 0.636. The van der Waals surface area contributed by atoms with Gasteiger partial charge in [-0.3, -0.25) is 0 Å². The highest BCUT2D eigenvalue weighted by molar-refractivity contribution is 9.08. The molecule has 2 aromatic carbocycles. The number of benzene rings is 2. The maximum Gasteiger partial charge on any atom is 0.416 e. The Morgan fingerprint density at radius 3 is 2.14 bits per heavy atom. The van der Waals surface area contributed by atoms with Gasteiger partial charge in [0, 0.05) is 10.9 Å². The first-order valence-corrected chi connectivity index (χ1v) is 7.91. The summed E-state index contributed by atoms with van der Waals surface area (Å²) in [5.74, 6) is 0. The number of hydrogen-bond donors (Lipinski definition) is 0. The molecule has 0 nitrogen and oxygen atoms in total. The minimum Gasteiger partial charge on any atom is -0.166 e. The topological polar surface area (TPSA) is 0 Å². The molecule has 0 amide bonds. The summed E-state index contributed by atoms with van der Waals surface area (Å²) in [7, 11) is 0. The minimum atomic E-state index is -4.41. The van der Waals surface area contributed by atoms with Crippen molar-refractivity contribution < 1.29 is 13.2 Å². The van der Waals surface area contributed by atoms with Crippen LogP contribution in [0.5, 0.6) is 0 Å². The average molecular weight is 418 g/mol. The third kappa shape index (κ3) is 3.50. The fourth-order valence-electron chi connectivity index (χ4n) is 1.90. The third-order valence-corrected chi connectivity index (χ3v) is 4.61. The smallest absolute Gasteiger partial charge is 0.166 e. The first-order chi connectivity index (χ1) is 9.75. The van der Waals surface area contributed by atoms with E-state index in [-0.39, 0.29) is 15.4 Å². The Bertz CT molecular complexity index is 684. The van der Waals surface area contributed by atoms with Crippen LogP contribution in [0.1, 0.15) is 11.1 Å². The minimum absolute atomic E-state index is 0.214. The van der Waals surface area contributed by atoms with Gasteiger partial charge in [-0.15, -0.1) is 0 Å².